The van der Waals surface area contributed by atoms with Gasteiger partial charge in [-0.15, -0.1) is 0 Å². The number of para-hydroxylation sites is 1. The van der Waals surface area contributed by atoms with E-state index in [4.69, 9.17) is 4.74 Å². The molecule has 2 aromatic rings. The molecule has 1 N–H and O–H groups in total. The molecule has 5 heteroatoms. The van der Waals surface area contributed by atoms with Crippen LogP contribution in [0.4, 0.5) is 5.69 Å². The molecule has 0 saturated carbocycles. The SMILES string of the molecule is COc1cccc(CNC(=O)C2CCN(c3ccccc3)C2=O)c1. The monoisotopic (exact) mass is 324 g/mol. The minimum atomic E-state index is -0.615. The Hall–Kier alpha value is -2.82. The van der Waals surface area contributed by atoms with Crippen LogP contribution in [0.1, 0.15) is 12.0 Å². The van der Waals surface area contributed by atoms with Crippen molar-refractivity contribution in [3.8, 4) is 5.75 Å². The van der Waals surface area contributed by atoms with E-state index in [2.05, 4.69) is 5.32 Å². The van der Waals surface area contributed by atoms with E-state index in [0.29, 0.717) is 19.5 Å². The molecule has 1 atom stereocenters. The van der Waals surface area contributed by atoms with Crippen LogP contribution in [0.25, 0.3) is 0 Å². The lowest BCUT2D eigenvalue weighted by atomic mass is 10.1. The lowest BCUT2D eigenvalue weighted by molar-refractivity contribution is -0.132. The average Bonchev–Trinajstić information content (AvgIpc) is 3.02. The Kier molecular flexibility index (Phi) is 4.79. The number of methoxy groups -OCH3 is 1. The molecular weight excluding hydrogens is 304 g/mol. The number of benzene rings is 2. The van der Waals surface area contributed by atoms with Crippen molar-refractivity contribution >= 4 is 17.5 Å². The number of ether oxygens (including phenoxy) is 1. The summed E-state index contributed by atoms with van der Waals surface area (Å²) in [4.78, 5) is 26.6. The number of carbonyl (C=O) groups is 2. The molecule has 5 nitrogen and oxygen atoms in total. The molecule has 2 amide bonds. The van der Waals surface area contributed by atoms with Crippen LogP contribution in [0.15, 0.2) is 54.6 Å². The van der Waals surface area contributed by atoms with Gasteiger partial charge in [-0.3, -0.25) is 9.59 Å². The van der Waals surface area contributed by atoms with Gasteiger partial charge in [-0.2, -0.15) is 0 Å². The summed E-state index contributed by atoms with van der Waals surface area (Å²) in [5.74, 6) is -0.227. The molecule has 1 heterocycles. The van der Waals surface area contributed by atoms with Gasteiger partial charge in [0, 0.05) is 18.8 Å². The minimum absolute atomic E-state index is 0.135. The summed E-state index contributed by atoms with van der Waals surface area (Å²) in [6, 6.07) is 17.0. The topological polar surface area (TPSA) is 58.6 Å². The summed E-state index contributed by atoms with van der Waals surface area (Å²) >= 11 is 0. The fraction of sp³-hybridized carbons (Fsp3) is 0.263. The molecule has 24 heavy (non-hydrogen) atoms. The number of nitrogens with one attached hydrogen (secondary N) is 1. The standard InChI is InChI=1S/C19H20N2O3/c1-24-16-9-5-6-14(12-16)13-20-18(22)17-10-11-21(19(17)23)15-7-3-2-4-8-15/h2-9,12,17H,10-11,13H2,1H3,(H,20,22). The van der Waals surface area contributed by atoms with Crippen LogP contribution in [0, 0.1) is 5.92 Å². The second-order valence-corrected chi connectivity index (χ2v) is 5.74. The van der Waals surface area contributed by atoms with Gasteiger partial charge in [0.1, 0.15) is 11.7 Å². The second-order valence-electron chi connectivity index (χ2n) is 5.74. The van der Waals surface area contributed by atoms with Crippen LogP contribution in [-0.4, -0.2) is 25.5 Å². The highest BCUT2D eigenvalue weighted by Gasteiger charge is 2.37. The zero-order valence-corrected chi connectivity index (χ0v) is 13.6. The molecule has 1 fully saturated rings. The summed E-state index contributed by atoms with van der Waals surface area (Å²) in [5.41, 5.74) is 1.78. The van der Waals surface area contributed by atoms with Gasteiger partial charge in [-0.1, -0.05) is 30.3 Å². The fourth-order valence-electron chi connectivity index (χ4n) is 2.88. The van der Waals surface area contributed by atoms with Crippen molar-refractivity contribution in [2.75, 3.05) is 18.6 Å². The summed E-state index contributed by atoms with van der Waals surface area (Å²) in [6.07, 6.45) is 0.539. The van der Waals surface area contributed by atoms with Crippen LogP contribution >= 0.6 is 0 Å². The highest BCUT2D eigenvalue weighted by molar-refractivity contribution is 6.09. The quantitative estimate of drug-likeness (QED) is 0.859. The highest BCUT2D eigenvalue weighted by atomic mass is 16.5. The van der Waals surface area contributed by atoms with Crippen LogP contribution in [-0.2, 0) is 16.1 Å². The van der Waals surface area contributed by atoms with Gasteiger partial charge < -0.3 is 15.0 Å². The molecule has 1 aliphatic heterocycles. The second kappa shape index (κ2) is 7.17. The summed E-state index contributed by atoms with van der Waals surface area (Å²) < 4.78 is 5.17. The summed E-state index contributed by atoms with van der Waals surface area (Å²) in [5, 5.41) is 2.85. The third-order valence-electron chi connectivity index (χ3n) is 4.19. The molecule has 0 aliphatic carbocycles. The first-order chi connectivity index (χ1) is 11.7. The van der Waals surface area contributed by atoms with E-state index in [1.807, 2.05) is 54.6 Å². The Bertz CT molecular complexity index is 730. The van der Waals surface area contributed by atoms with Gasteiger partial charge in [0.05, 0.1) is 7.11 Å². The Balaban J connectivity index is 1.60. The van der Waals surface area contributed by atoms with Crippen molar-refractivity contribution in [1.29, 1.82) is 0 Å². The Labute approximate surface area is 141 Å². The first-order valence-electron chi connectivity index (χ1n) is 7.96. The number of hydrogen-bond acceptors (Lipinski definition) is 3. The predicted octanol–water partition coefficient (Wildman–Crippen LogP) is 2.36. The number of nitrogens with zero attached hydrogens (tertiary/aromatic N) is 1. The van der Waals surface area contributed by atoms with Crippen LogP contribution in [0.2, 0.25) is 0 Å². The van der Waals surface area contributed by atoms with Gasteiger partial charge in [0.2, 0.25) is 11.8 Å². The zero-order valence-electron chi connectivity index (χ0n) is 13.6. The summed E-state index contributed by atoms with van der Waals surface area (Å²) in [7, 11) is 1.60. The van der Waals surface area contributed by atoms with Crippen LogP contribution in [0.3, 0.4) is 0 Å². The predicted molar refractivity (Wildman–Crippen MR) is 91.7 cm³/mol. The van der Waals surface area contributed by atoms with Crippen molar-refractivity contribution in [1.82, 2.24) is 5.32 Å². The highest BCUT2D eigenvalue weighted by Crippen LogP contribution is 2.25. The molecule has 1 unspecified atom stereocenters. The smallest absolute Gasteiger partial charge is 0.239 e. The molecule has 0 spiro atoms. The van der Waals surface area contributed by atoms with Crippen LogP contribution in [0.5, 0.6) is 5.75 Å². The van der Waals surface area contributed by atoms with E-state index in [1.165, 1.54) is 0 Å². The molecule has 0 bridgehead atoms. The van der Waals surface area contributed by atoms with Crippen molar-refractivity contribution in [2.45, 2.75) is 13.0 Å². The molecule has 0 aromatic heterocycles. The van der Waals surface area contributed by atoms with Crippen molar-refractivity contribution in [3.05, 3.63) is 60.2 Å². The number of rotatable bonds is 5. The number of hydrogen-bond donors (Lipinski definition) is 1. The fourth-order valence-corrected chi connectivity index (χ4v) is 2.88. The van der Waals surface area contributed by atoms with Gasteiger partial charge in [-0.05, 0) is 36.2 Å². The third kappa shape index (κ3) is 3.40. The molecule has 2 aromatic carbocycles. The van der Waals surface area contributed by atoms with E-state index < -0.39 is 5.92 Å². The molecule has 0 radical (unpaired) electrons. The van der Waals surface area contributed by atoms with Crippen molar-refractivity contribution in [2.24, 2.45) is 5.92 Å². The third-order valence-corrected chi connectivity index (χ3v) is 4.19. The van der Waals surface area contributed by atoms with E-state index in [0.717, 1.165) is 17.0 Å². The average molecular weight is 324 g/mol. The maximum Gasteiger partial charge on any atom is 0.239 e. The number of anilines is 1. The largest absolute Gasteiger partial charge is 0.497 e. The van der Waals surface area contributed by atoms with Crippen molar-refractivity contribution < 1.29 is 14.3 Å². The van der Waals surface area contributed by atoms with Crippen molar-refractivity contribution in [3.63, 3.8) is 0 Å². The molecule has 124 valence electrons. The molecule has 3 rings (SSSR count). The molecule has 1 saturated heterocycles. The van der Waals surface area contributed by atoms with E-state index in [1.54, 1.807) is 12.0 Å². The number of amides is 2. The number of carbonyl (C=O) groups excluding carboxylic acids is 2. The van der Waals surface area contributed by atoms with Gasteiger partial charge >= 0.3 is 0 Å². The van der Waals surface area contributed by atoms with E-state index in [-0.39, 0.29) is 11.8 Å². The van der Waals surface area contributed by atoms with E-state index in [9.17, 15) is 9.59 Å². The van der Waals surface area contributed by atoms with Gasteiger partial charge in [-0.25, -0.2) is 0 Å². The summed E-state index contributed by atoms with van der Waals surface area (Å²) in [6.45, 7) is 0.950. The van der Waals surface area contributed by atoms with Gasteiger partial charge in [0.15, 0.2) is 0 Å². The minimum Gasteiger partial charge on any atom is -0.497 e. The van der Waals surface area contributed by atoms with E-state index >= 15 is 0 Å². The Morgan fingerprint density at radius 3 is 2.75 bits per heavy atom. The lowest BCUT2D eigenvalue weighted by Crippen LogP contribution is -2.36. The Morgan fingerprint density at radius 2 is 2.00 bits per heavy atom. The maximum atomic E-state index is 12.5. The first-order valence-corrected chi connectivity index (χ1v) is 7.96. The van der Waals surface area contributed by atoms with Gasteiger partial charge in [0.25, 0.3) is 0 Å². The molecule has 1 aliphatic rings. The zero-order chi connectivity index (χ0) is 16.9. The Morgan fingerprint density at radius 1 is 1.21 bits per heavy atom. The normalized spacial score (nSPS) is 17.0. The lowest BCUT2D eigenvalue weighted by Gasteiger charge is -2.16. The van der Waals surface area contributed by atoms with Crippen LogP contribution < -0.4 is 15.0 Å². The first kappa shape index (κ1) is 16.1. The molecular formula is C19H20N2O3. The maximum absolute atomic E-state index is 12.5.